The fraction of sp³-hybridized carbons (Fsp3) is 0.154. The summed E-state index contributed by atoms with van der Waals surface area (Å²) in [6.07, 6.45) is 0. The Kier molecular flexibility index (Phi) is 3.46. The fourth-order valence-electron chi connectivity index (χ4n) is 1.42. The van der Waals surface area contributed by atoms with E-state index in [2.05, 4.69) is 42.5 Å². The first kappa shape index (κ1) is 11.4. The Morgan fingerprint density at radius 2 is 1.75 bits per heavy atom. The first-order chi connectivity index (χ1) is 7.66. The van der Waals surface area contributed by atoms with E-state index >= 15 is 0 Å². The molecule has 0 saturated carbocycles. The standard InChI is InChI=1S/C13H13NS2/c1-14(2)13(15)16-12-8-7-10-5-3-4-6-11(10)9-12/h3-9H,1-2H3. The molecule has 0 fully saturated rings. The van der Waals surface area contributed by atoms with Gasteiger partial charge < -0.3 is 4.90 Å². The molecule has 0 aromatic heterocycles. The molecule has 0 aliphatic carbocycles. The number of hydrogen-bond donors (Lipinski definition) is 0. The van der Waals surface area contributed by atoms with Crippen LogP contribution in [0.25, 0.3) is 10.8 Å². The number of thiocarbonyl (C=S) groups is 1. The van der Waals surface area contributed by atoms with Crippen LogP contribution in [0.15, 0.2) is 47.4 Å². The van der Waals surface area contributed by atoms with Crippen molar-refractivity contribution < 1.29 is 0 Å². The summed E-state index contributed by atoms with van der Waals surface area (Å²) in [5.41, 5.74) is 0. The molecule has 0 bridgehead atoms. The van der Waals surface area contributed by atoms with E-state index in [1.54, 1.807) is 11.8 Å². The maximum absolute atomic E-state index is 5.27. The van der Waals surface area contributed by atoms with Gasteiger partial charge in [0, 0.05) is 19.0 Å². The minimum Gasteiger partial charge on any atom is -0.363 e. The maximum atomic E-state index is 5.27. The molecule has 0 radical (unpaired) electrons. The van der Waals surface area contributed by atoms with Crippen molar-refractivity contribution in [3.05, 3.63) is 42.5 Å². The number of benzene rings is 2. The van der Waals surface area contributed by atoms with E-state index in [1.165, 1.54) is 15.7 Å². The molecule has 0 aliphatic heterocycles. The summed E-state index contributed by atoms with van der Waals surface area (Å²) in [6, 6.07) is 14.8. The highest BCUT2D eigenvalue weighted by Gasteiger charge is 2.02. The Morgan fingerprint density at radius 3 is 2.44 bits per heavy atom. The van der Waals surface area contributed by atoms with Crippen molar-refractivity contribution in [2.45, 2.75) is 4.90 Å². The first-order valence-electron chi connectivity index (χ1n) is 5.05. The average Bonchev–Trinajstić information content (AvgIpc) is 2.28. The predicted octanol–water partition coefficient (Wildman–Crippen LogP) is 3.78. The highest BCUT2D eigenvalue weighted by molar-refractivity contribution is 8.22. The zero-order chi connectivity index (χ0) is 11.5. The minimum absolute atomic E-state index is 0.885. The van der Waals surface area contributed by atoms with Crippen molar-refractivity contribution in [3.8, 4) is 0 Å². The van der Waals surface area contributed by atoms with Gasteiger partial charge in [0.25, 0.3) is 0 Å². The molecule has 0 saturated heterocycles. The van der Waals surface area contributed by atoms with E-state index in [0.717, 1.165) is 4.32 Å². The second kappa shape index (κ2) is 4.85. The molecule has 0 heterocycles. The van der Waals surface area contributed by atoms with Crippen molar-refractivity contribution in [1.82, 2.24) is 4.90 Å². The third-order valence-electron chi connectivity index (χ3n) is 2.29. The summed E-state index contributed by atoms with van der Waals surface area (Å²) in [6.45, 7) is 0. The van der Waals surface area contributed by atoms with Crippen LogP contribution in [0, 0.1) is 0 Å². The lowest BCUT2D eigenvalue weighted by Crippen LogP contribution is -2.15. The molecule has 0 unspecified atom stereocenters. The third kappa shape index (κ3) is 2.54. The molecular weight excluding hydrogens is 234 g/mol. The summed E-state index contributed by atoms with van der Waals surface area (Å²) in [4.78, 5) is 3.15. The van der Waals surface area contributed by atoms with Crippen molar-refractivity contribution in [1.29, 1.82) is 0 Å². The van der Waals surface area contributed by atoms with E-state index in [0.29, 0.717) is 0 Å². The monoisotopic (exact) mass is 247 g/mol. The summed E-state index contributed by atoms with van der Waals surface area (Å²) in [5, 5.41) is 2.52. The van der Waals surface area contributed by atoms with Crippen LogP contribution in [-0.4, -0.2) is 23.3 Å². The predicted molar refractivity (Wildman–Crippen MR) is 76.1 cm³/mol. The molecule has 82 valence electrons. The van der Waals surface area contributed by atoms with Gasteiger partial charge in [0.2, 0.25) is 0 Å². The number of fused-ring (bicyclic) bond motifs is 1. The quantitative estimate of drug-likeness (QED) is 0.558. The maximum Gasteiger partial charge on any atom is 0.140 e. The summed E-state index contributed by atoms with van der Waals surface area (Å²) in [7, 11) is 3.94. The highest BCUT2D eigenvalue weighted by Crippen LogP contribution is 2.25. The van der Waals surface area contributed by atoms with E-state index < -0.39 is 0 Å². The van der Waals surface area contributed by atoms with Crippen LogP contribution < -0.4 is 0 Å². The van der Waals surface area contributed by atoms with Crippen LogP contribution in [0.5, 0.6) is 0 Å². The van der Waals surface area contributed by atoms with Crippen LogP contribution in [0.1, 0.15) is 0 Å². The van der Waals surface area contributed by atoms with Gasteiger partial charge in [-0.15, -0.1) is 0 Å². The molecule has 0 N–H and O–H groups in total. The van der Waals surface area contributed by atoms with Gasteiger partial charge in [-0.05, 0) is 22.9 Å². The Hall–Kier alpha value is -1.06. The molecule has 1 nitrogen and oxygen atoms in total. The zero-order valence-electron chi connectivity index (χ0n) is 9.31. The Balaban J connectivity index is 2.29. The van der Waals surface area contributed by atoms with Gasteiger partial charge in [0.15, 0.2) is 0 Å². The molecule has 2 rings (SSSR count). The van der Waals surface area contributed by atoms with Gasteiger partial charge in [-0.1, -0.05) is 54.3 Å². The first-order valence-corrected chi connectivity index (χ1v) is 6.27. The third-order valence-corrected chi connectivity index (χ3v) is 3.94. The molecule has 0 amide bonds. The number of rotatable bonds is 1. The Labute approximate surface area is 105 Å². The average molecular weight is 247 g/mol. The van der Waals surface area contributed by atoms with E-state index in [9.17, 15) is 0 Å². The van der Waals surface area contributed by atoms with Crippen molar-refractivity contribution in [2.24, 2.45) is 0 Å². The van der Waals surface area contributed by atoms with E-state index in [-0.39, 0.29) is 0 Å². The van der Waals surface area contributed by atoms with E-state index in [4.69, 9.17) is 12.2 Å². The topological polar surface area (TPSA) is 3.24 Å². The van der Waals surface area contributed by atoms with Gasteiger partial charge >= 0.3 is 0 Å². The van der Waals surface area contributed by atoms with Crippen molar-refractivity contribution in [3.63, 3.8) is 0 Å². The van der Waals surface area contributed by atoms with Crippen LogP contribution >= 0.6 is 24.0 Å². The molecule has 0 atom stereocenters. The molecule has 2 aromatic rings. The second-order valence-electron chi connectivity index (χ2n) is 3.77. The molecule has 0 aliphatic rings. The lowest BCUT2D eigenvalue weighted by molar-refractivity contribution is 0.648. The van der Waals surface area contributed by atoms with Gasteiger partial charge in [0.1, 0.15) is 4.32 Å². The second-order valence-corrected chi connectivity index (χ2v) is 5.48. The molecule has 0 spiro atoms. The fourth-order valence-corrected chi connectivity index (χ4v) is 2.42. The Morgan fingerprint density at radius 1 is 1.06 bits per heavy atom. The van der Waals surface area contributed by atoms with Gasteiger partial charge in [-0.25, -0.2) is 0 Å². The van der Waals surface area contributed by atoms with Crippen molar-refractivity contribution in [2.75, 3.05) is 14.1 Å². The summed E-state index contributed by atoms with van der Waals surface area (Å²) >= 11 is 6.90. The molecular formula is C13H13NS2. The van der Waals surface area contributed by atoms with Crippen LogP contribution in [0.2, 0.25) is 0 Å². The van der Waals surface area contributed by atoms with Crippen LogP contribution in [-0.2, 0) is 0 Å². The largest absolute Gasteiger partial charge is 0.363 e. The molecule has 16 heavy (non-hydrogen) atoms. The van der Waals surface area contributed by atoms with Crippen LogP contribution in [0.4, 0.5) is 0 Å². The Bertz CT molecular complexity index is 520. The lowest BCUT2D eigenvalue weighted by Gasteiger charge is -2.12. The zero-order valence-corrected chi connectivity index (χ0v) is 10.9. The van der Waals surface area contributed by atoms with Crippen molar-refractivity contribution >= 4 is 39.1 Å². The minimum atomic E-state index is 0.885. The summed E-state index contributed by atoms with van der Waals surface area (Å²) < 4.78 is 0.885. The number of nitrogens with zero attached hydrogens (tertiary/aromatic N) is 1. The highest BCUT2D eigenvalue weighted by atomic mass is 32.2. The van der Waals surface area contributed by atoms with Crippen LogP contribution in [0.3, 0.4) is 0 Å². The SMILES string of the molecule is CN(C)C(=S)Sc1ccc2ccccc2c1. The number of thioether (sulfide) groups is 1. The normalized spacial score (nSPS) is 10.4. The van der Waals surface area contributed by atoms with E-state index in [1.807, 2.05) is 19.0 Å². The molecule has 3 heteroatoms. The van der Waals surface area contributed by atoms with Gasteiger partial charge in [-0.2, -0.15) is 0 Å². The smallest absolute Gasteiger partial charge is 0.140 e. The van der Waals surface area contributed by atoms with Gasteiger partial charge in [0.05, 0.1) is 0 Å². The molecule has 2 aromatic carbocycles. The van der Waals surface area contributed by atoms with Gasteiger partial charge in [-0.3, -0.25) is 0 Å². The lowest BCUT2D eigenvalue weighted by atomic mass is 10.1. The summed E-state index contributed by atoms with van der Waals surface area (Å²) in [5.74, 6) is 0. The number of hydrogen-bond acceptors (Lipinski definition) is 2.